The molecule has 1 aliphatic rings. The maximum absolute atomic E-state index is 12.0. The summed E-state index contributed by atoms with van der Waals surface area (Å²) in [6, 6.07) is -0.423. The number of hydrogen-bond acceptors (Lipinski definition) is 3. The number of carbonyl (C=O) groups is 2. The van der Waals surface area contributed by atoms with E-state index in [9.17, 15) is 9.59 Å². The van der Waals surface area contributed by atoms with Crippen molar-refractivity contribution in [3.63, 3.8) is 0 Å². The topological polar surface area (TPSA) is 70.1 Å². The molecule has 2 atom stereocenters. The number of carboxylic acid groups (broad SMARTS) is 1. The molecule has 18 heavy (non-hydrogen) atoms. The molecule has 1 heterocycles. The summed E-state index contributed by atoms with van der Waals surface area (Å²) in [5.41, 5.74) is -0.538. The van der Waals surface area contributed by atoms with Crippen LogP contribution >= 0.6 is 0 Å². The smallest absolute Gasteiger partial charge is 0.410 e. The third-order valence-corrected chi connectivity index (χ3v) is 3.14. The molecule has 0 radical (unpaired) electrons. The van der Waals surface area contributed by atoms with Crippen LogP contribution < -0.4 is 0 Å². The number of rotatable bonds is 0. The van der Waals surface area contributed by atoms with E-state index in [4.69, 9.17) is 9.84 Å². The first-order valence-electron chi connectivity index (χ1n) is 6.12. The Hall–Kier alpha value is -1.46. The second kappa shape index (κ2) is 5.04. The number of carbonyl (C=O) groups excluding carboxylic acids is 1. The first-order chi connectivity index (χ1) is 8.13. The van der Waals surface area contributed by atoms with Crippen molar-refractivity contribution in [3.05, 3.63) is 0 Å². The molecule has 1 aliphatic heterocycles. The summed E-state index contributed by atoms with van der Waals surface area (Å²) in [5, 5.41) is 9.03. The van der Waals surface area contributed by atoms with Crippen molar-refractivity contribution >= 4 is 12.2 Å². The summed E-state index contributed by atoms with van der Waals surface area (Å²) in [5.74, 6) is 0. The van der Waals surface area contributed by atoms with E-state index < -0.39 is 11.7 Å². The minimum atomic E-state index is -0.946. The van der Waals surface area contributed by atoms with Crippen molar-refractivity contribution in [2.45, 2.75) is 52.3 Å². The molecular formula is C12H22N2O4. The van der Waals surface area contributed by atoms with Gasteiger partial charge in [0.2, 0.25) is 0 Å². The van der Waals surface area contributed by atoms with Gasteiger partial charge in [-0.25, -0.2) is 9.59 Å². The molecule has 0 bridgehead atoms. The highest BCUT2D eigenvalue weighted by Gasteiger charge is 2.37. The Morgan fingerprint density at radius 3 is 2.00 bits per heavy atom. The highest BCUT2D eigenvalue weighted by molar-refractivity contribution is 5.70. The summed E-state index contributed by atoms with van der Waals surface area (Å²) >= 11 is 0. The predicted octanol–water partition coefficient (Wildman–Crippen LogP) is 1.99. The van der Waals surface area contributed by atoms with Gasteiger partial charge in [-0.15, -0.1) is 0 Å². The van der Waals surface area contributed by atoms with E-state index in [1.54, 1.807) is 11.8 Å². The lowest BCUT2D eigenvalue weighted by molar-refractivity contribution is -0.00976. The standard InChI is InChI=1S/C12H22N2O4/c1-8-9(2)14(7-6-13(8)10(15)16)11(17)18-12(3,4)5/h8-9H,6-7H2,1-5H3,(H,15,16)/t8-,9+/m0/s1. The number of piperazine rings is 1. The van der Waals surface area contributed by atoms with Gasteiger partial charge in [0.25, 0.3) is 0 Å². The molecule has 0 aliphatic carbocycles. The fourth-order valence-corrected chi connectivity index (χ4v) is 1.99. The van der Waals surface area contributed by atoms with Crippen LogP contribution in [0, 0.1) is 0 Å². The van der Waals surface area contributed by atoms with Crippen LogP contribution in [0.3, 0.4) is 0 Å². The van der Waals surface area contributed by atoms with Gasteiger partial charge in [0, 0.05) is 13.1 Å². The van der Waals surface area contributed by atoms with Gasteiger partial charge in [-0.3, -0.25) is 0 Å². The Bertz CT molecular complexity index is 337. The fourth-order valence-electron chi connectivity index (χ4n) is 1.99. The van der Waals surface area contributed by atoms with Crippen molar-refractivity contribution in [1.29, 1.82) is 0 Å². The van der Waals surface area contributed by atoms with E-state index in [1.807, 2.05) is 27.7 Å². The second-order valence-electron chi connectivity index (χ2n) is 5.63. The molecule has 2 amide bonds. The molecule has 0 aromatic heterocycles. The third kappa shape index (κ3) is 3.27. The largest absolute Gasteiger partial charge is 0.465 e. The second-order valence-corrected chi connectivity index (χ2v) is 5.63. The van der Waals surface area contributed by atoms with Crippen molar-refractivity contribution in [3.8, 4) is 0 Å². The number of hydrogen-bond donors (Lipinski definition) is 1. The van der Waals surface area contributed by atoms with Crippen LogP contribution in [0.15, 0.2) is 0 Å². The van der Waals surface area contributed by atoms with Gasteiger partial charge in [-0.05, 0) is 34.6 Å². The molecule has 6 heteroatoms. The van der Waals surface area contributed by atoms with Gasteiger partial charge in [0.1, 0.15) is 5.60 Å². The van der Waals surface area contributed by atoms with Crippen LogP contribution in [0.25, 0.3) is 0 Å². The molecule has 0 aromatic carbocycles. The van der Waals surface area contributed by atoms with E-state index in [1.165, 1.54) is 4.90 Å². The van der Waals surface area contributed by atoms with Gasteiger partial charge in [0.15, 0.2) is 0 Å². The van der Waals surface area contributed by atoms with Gasteiger partial charge >= 0.3 is 12.2 Å². The van der Waals surface area contributed by atoms with E-state index in [0.717, 1.165) is 0 Å². The van der Waals surface area contributed by atoms with Crippen LogP contribution in [-0.2, 0) is 4.74 Å². The third-order valence-electron chi connectivity index (χ3n) is 3.14. The fraction of sp³-hybridized carbons (Fsp3) is 0.833. The highest BCUT2D eigenvalue weighted by atomic mass is 16.6. The van der Waals surface area contributed by atoms with E-state index in [2.05, 4.69) is 0 Å². The molecule has 104 valence electrons. The van der Waals surface area contributed by atoms with E-state index >= 15 is 0 Å². The molecule has 1 N–H and O–H groups in total. The van der Waals surface area contributed by atoms with E-state index in [0.29, 0.717) is 13.1 Å². The Morgan fingerprint density at radius 1 is 1.11 bits per heavy atom. The monoisotopic (exact) mass is 258 g/mol. The quantitative estimate of drug-likeness (QED) is 0.721. The van der Waals surface area contributed by atoms with Crippen LogP contribution in [0.4, 0.5) is 9.59 Å². The molecule has 0 spiro atoms. The minimum absolute atomic E-state index is 0.190. The Morgan fingerprint density at radius 2 is 1.56 bits per heavy atom. The zero-order chi connectivity index (χ0) is 14.1. The summed E-state index contributed by atoms with van der Waals surface area (Å²) in [4.78, 5) is 25.9. The van der Waals surface area contributed by atoms with Crippen molar-refractivity contribution in [2.24, 2.45) is 0 Å². The zero-order valence-corrected chi connectivity index (χ0v) is 11.6. The summed E-state index contributed by atoms with van der Waals surface area (Å²) in [6.07, 6.45) is -1.33. The Labute approximate surface area is 107 Å². The molecule has 0 aromatic rings. The lowest BCUT2D eigenvalue weighted by atomic mass is 10.1. The van der Waals surface area contributed by atoms with Crippen LogP contribution in [0.2, 0.25) is 0 Å². The van der Waals surface area contributed by atoms with E-state index in [-0.39, 0.29) is 18.2 Å². The van der Waals surface area contributed by atoms with Gasteiger partial charge in [-0.2, -0.15) is 0 Å². The zero-order valence-electron chi connectivity index (χ0n) is 11.6. The van der Waals surface area contributed by atoms with Crippen molar-refractivity contribution in [1.82, 2.24) is 9.80 Å². The number of nitrogens with zero attached hydrogens (tertiary/aromatic N) is 2. The molecule has 0 saturated carbocycles. The lowest BCUT2D eigenvalue weighted by Gasteiger charge is -2.43. The highest BCUT2D eigenvalue weighted by Crippen LogP contribution is 2.20. The molecule has 0 unspecified atom stereocenters. The molecular weight excluding hydrogens is 236 g/mol. The average molecular weight is 258 g/mol. The average Bonchev–Trinajstić information content (AvgIpc) is 2.18. The maximum atomic E-state index is 12.0. The van der Waals surface area contributed by atoms with Gasteiger partial charge < -0.3 is 19.6 Å². The summed E-state index contributed by atoms with van der Waals surface area (Å²) in [6.45, 7) is 9.76. The Kier molecular flexibility index (Phi) is 4.09. The van der Waals surface area contributed by atoms with Gasteiger partial charge in [0.05, 0.1) is 12.1 Å². The first kappa shape index (κ1) is 14.6. The summed E-state index contributed by atoms with van der Waals surface area (Å²) in [7, 11) is 0. The Balaban J connectivity index is 2.71. The van der Waals surface area contributed by atoms with Gasteiger partial charge in [-0.1, -0.05) is 0 Å². The number of amides is 2. The van der Waals surface area contributed by atoms with Crippen LogP contribution in [-0.4, -0.2) is 57.9 Å². The minimum Gasteiger partial charge on any atom is -0.465 e. The maximum Gasteiger partial charge on any atom is 0.410 e. The summed E-state index contributed by atoms with van der Waals surface area (Å²) < 4.78 is 5.31. The number of ether oxygens (including phenoxy) is 1. The van der Waals surface area contributed by atoms with Crippen LogP contribution in [0.5, 0.6) is 0 Å². The molecule has 1 saturated heterocycles. The lowest BCUT2D eigenvalue weighted by Crippen LogP contribution is -2.60. The predicted molar refractivity (Wildman–Crippen MR) is 66.6 cm³/mol. The molecule has 6 nitrogen and oxygen atoms in total. The van der Waals surface area contributed by atoms with Crippen molar-refractivity contribution in [2.75, 3.05) is 13.1 Å². The normalized spacial score (nSPS) is 24.9. The molecule has 1 rings (SSSR count). The molecule has 1 fully saturated rings. The first-order valence-corrected chi connectivity index (χ1v) is 6.12. The van der Waals surface area contributed by atoms with Crippen LogP contribution in [0.1, 0.15) is 34.6 Å². The van der Waals surface area contributed by atoms with Crippen molar-refractivity contribution < 1.29 is 19.4 Å². The SMILES string of the molecule is C[C@@H]1[C@H](C)N(C(=O)O)CCN1C(=O)OC(C)(C)C.